The summed E-state index contributed by atoms with van der Waals surface area (Å²) in [5.74, 6) is 0.262. The molecule has 172 valence electrons. The highest BCUT2D eigenvalue weighted by molar-refractivity contribution is 5.80. The number of alkyl halides is 6. The Morgan fingerprint density at radius 3 is 2.44 bits per heavy atom. The number of likely N-dealkylation sites (tertiary alicyclic amines) is 1. The molecular formula is C20H20F6N6. The highest BCUT2D eigenvalue weighted by Gasteiger charge is 2.39. The lowest BCUT2D eigenvalue weighted by atomic mass is 10.00. The first-order valence-corrected chi connectivity index (χ1v) is 9.90. The van der Waals surface area contributed by atoms with Crippen LogP contribution in [0.3, 0.4) is 0 Å². The molecule has 1 atom stereocenters. The predicted molar refractivity (Wildman–Crippen MR) is 105 cm³/mol. The van der Waals surface area contributed by atoms with E-state index in [1.807, 2.05) is 7.05 Å². The van der Waals surface area contributed by atoms with Crippen LogP contribution in [-0.2, 0) is 12.4 Å². The number of hydrogen-bond acceptors (Lipinski definition) is 5. The van der Waals surface area contributed by atoms with Crippen molar-refractivity contribution in [2.45, 2.75) is 38.2 Å². The fourth-order valence-corrected chi connectivity index (χ4v) is 3.93. The third kappa shape index (κ3) is 4.36. The van der Waals surface area contributed by atoms with Crippen LogP contribution in [0.2, 0.25) is 0 Å². The Morgan fingerprint density at radius 1 is 1.03 bits per heavy atom. The number of nitrogens with one attached hydrogen (secondary N) is 1. The maximum absolute atomic E-state index is 13.7. The Hall–Kier alpha value is -2.89. The van der Waals surface area contributed by atoms with Gasteiger partial charge in [0.15, 0.2) is 0 Å². The third-order valence-electron chi connectivity index (χ3n) is 5.38. The van der Waals surface area contributed by atoms with Gasteiger partial charge >= 0.3 is 12.4 Å². The number of aryl methyl sites for hydroxylation is 1. The minimum absolute atomic E-state index is 0.0541. The van der Waals surface area contributed by atoms with Gasteiger partial charge in [-0.15, -0.1) is 10.2 Å². The van der Waals surface area contributed by atoms with Gasteiger partial charge in [0.05, 0.1) is 22.3 Å². The number of aromatic nitrogens is 4. The fourth-order valence-electron chi connectivity index (χ4n) is 3.93. The summed E-state index contributed by atoms with van der Waals surface area (Å²) < 4.78 is 81.5. The smallest absolute Gasteiger partial charge is 0.349 e. The van der Waals surface area contributed by atoms with Crippen molar-refractivity contribution in [1.82, 2.24) is 24.7 Å². The summed E-state index contributed by atoms with van der Waals surface area (Å²) in [6, 6.07) is 3.07. The Balaban J connectivity index is 1.82. The zero-order chi connectivity index (χ0) is 23.3. The molecule has 2 aromatic heterocycles. The number of rotatable bonds is 3. The summed E-state index contributed by atoms with van der Waals surface area (Å²) in [6.07, 6.45) is -8.07. The van der Waals surface area contributed by atoms with Gasteiger partial charge in [-0.25, -0.2) is 0 Å². The number of anilines is 1. The summed E-state index contributed by atoms with van der Waals surface area (Å²) in [7, 11) is 1.99. The molecule has 12 heteroatoms. The summed E-state index contributed by atoms with van der Waals surface area (Å²) >= 11 is 0. The molecule has 3 aromatic rings. The molecule has 0 radical (unpaired) electrons. The number of piperidine rings is 1. The van der Waals surface area contributed by atoms with E-state index < -0.39 is 29.0 Å². The highest BCUT2D eigenvalue weighted by Crippen LogP contribution is 2.41. The summed E-state index contributed by atoms with van der Waals surface area (Å²) in [6.45, 7) is 3.38. The van der Waals surface area contributed by atoms with Gasteiger partial charge in [0.1, 0.15) is 5.69 Å². The average Bonchev–Trinajstić information content (AvgIpc) is 3.08. The Labute approximate surface area is 179 Å². The van der Waals surface area contributed by atoms with Gasteiger partial charge in [-0.2, -0.15) is 36.0 Å². The number of nitrogens with zero attached hydrogens (tertiary/aromatic N) is 5. The molecule has 0 unspecified atom stereocenters. The number of benzene rings is 1. The van der Waals surface area contributed by atoms with E-state index in [1.165, 1.54) is 10.6 Å². The number of halogens is 6. The standard InChI is InChI=1S/C20H20F6N6/c1-11-8-16-17(14-6-5-12(19(21,22)23)9-15(14)20(24,25)26)28-29-18(32(16)30-11)27-13-4-3-7-31(2)10-13/h5-6,8-9,13H,3-4,7,10H2,1-2H3,(H,27,29)/t13-/m1/s1. The van der Waals surface area contributed by atoms with Gasteiger partial charge < -0.3 is 10.2 Å². The summed E-state index contributed by atoms with van der Waals surface area (Å²) in [4.78, 5) is 2.15. The second kappa shape index (κ2) is 7.91. The highest BCUT2D eigenvalue weighted by atomic mass is 19.4. The normalized spacial score (nSPS) is 18.3. The molecule has 0 aliphatic carbocycles. The van der Waals surface area contributed by atoms with Crippen LogP contribution in [0.25, 0.3) is 16.8 Å². The van der Waals surface area contributed by atoms with Crippen LogP contribution in [-0.4, -0.2) is 50.9 Å². The second-order valence-corrected chi connectivity index (χ2v) is 7.96. The number of hydrogen-bond donors (Lipinski definition) is 1. The lowest BCUT2D eigenvalue weighted by Gasteiger charge is -2.30. The molecule has 32 heavy (non-hydrogen) atoms. The maximum atomic E-state index is 13.7. The van der Waals surface area contributed by atoms with Crippen molar-refractivity contribution in [2.75, 3.05) is 25.5 Å². The van der Waals surface area contributed by atoms with Crippen LogP contribution in [0.15, 0.2) is 24.3 Å². The molecule has 1 N–H and O–H groups in total. The molecular weight excluding hydrogens is 438 g/mol. The molecule has 0 amide bonds. The largest absolute Gasteiger partial charge is 0.417 e. The molecule has 0 saturated carbocycles. The van der Waals surface area contributed by atoms with Gasteiger partial charge in [0.2, 0.25) is 5.95 Å². The van der Waals surface area contributed by atoms with Gasteiger partial charge in [-0.3, -0.25) is 0 Å². The summed E-state index contributed by atoms with van der Waals surface area (Å²) in [5.41, 5.74) is -2.79. The molecule has 0 bridgehead atoms. The van der Waals surface area contributed by atoms with Crippen molar-refractivity contribution in [1.29, 1.82) is 0 Å². The molecule has 1 aliphatic heterocycles. The maximum Gasteiger partial charge on any atom is 0.417 e. The van der Waals surface area contributed by atoms with Crippen molar-refractivity contribution in [2.24, 2.45) is 0 Å². The van der Waals surface area contributed by atoms with Crippen LogP contribution in [0.1, 0.15) is 29.7 Å². The first-order chi connectivity index (χ1) is 14.9. The van der Waals surface area contributed by atoms with Crippen molar-refractivity contribution in [3.8, 4) is 11.3 Å². The monoisotopic (exact) mass is 458 g/mol. The molecule has 0 spiro atoms. The van der Waals surface area contributed by atoms with Gasteiger partial charge in [0, 0.05) is 18.2 Å². The third-order valence-corrected chi connectivity index (χ3v) is 5.38. The summed E-state index contributed by atoms with van der Waals surface area (Å²) in [5, 5.41) is 15.6. The molecule has 1 saturated heterocycles. The van der Waals surface area contributed by atoms with Crippen LogP contribution in [0.4, 0.5) is 32.3 Å². The quantitative estimate of drug-likeness (QED) is 0.580. The van der Waals surface area contributed by atoms with Crippen LogP contribution in [0.5, 0.6) is 0 Å². The first kappa shape index (κ1) is 22.3. The second-order valence-electron chi connectivity index (χ2n) is 7.96. The lowest BCUT2D eigenvalue weighted by Crippen LogP contribution is -2.40. The fraction of sp³-hybridized carbons (Fsp3) is 0.450. The van der Waals surface area contributed by atoms with E-state index in [4.69, 9.17) is 0 Å². The SMILES string of the molecule is Cc1cc2c(-c3ccc(C(F)(F)F)cc3C(F)(F)F)nnc(N[C@@H]3CCCN(C)C3)n2n1. The first-order valence-electron chi connectivity index (χ1n) is 9.90. The van der Waals surface area contributed by atoms with E-state index in [0.29, 0.717) is 11.8 Å². The minimum Gasteiger partial charge on any atom is -0.349 e. The number of fused-ring (bicyclic) bond motifs is 1. The van der Waals surface area contributed by atoms with Crippen LogP contribution >= 0.6 is 0 Å². The zero-order valence-electron chi connectivity index (χ0n) is 17.2. The Bertz CT molecular complexity index is 1140. The van der Waals surface area contributed by atoms with Crippen LogP contribution in [0, 0.1) is 6.92 Å². The van der Waals surface area contributed by atoms with E-state index in [2.05, 4.69) is 25.5 Å². The average molecular weight is 458 g/mol. The molecule has 6 nitrogen and oxygen atoms in total. The van der Waals surface area contributed by atoms with Gasteiger partial charge in [0.25, 0.3) is 0 Å². The predicted octanol–water partition coefficient (Wildman–Crippen LogP) is 4.64. The number of likely N-dealkylation sites (N-methyl/N-ethyl adjacent to an activating group) is 1. The van der Waals surface area contributed by atoms with Crippen LogP contribution < -0.4 is 5.32 Å². The molecule has 3 heterocycles. The molecule has 1 aromatic carbocycles. The molecule has 1 aliphatic rings. The van der Waals surface area contributed by atoms with Crippen molar-refractivity contribution >= 4 is 11.5 Å². The topological polar surface area (TPSA) is 58.4 Å². The van der Waals surface area contributed by atoms with Crippen molar-refractivity contribution in [3.05, 3.63) is 41.1 Å². The van der Waals surface area contributed by atoms with Crippen molar-refractivity contribution < 1.29 is 26.3 Å². The zero-order valence-corrected chi connectivity index (χ0v) is 17.2. The molecule has 1 fully saturated rings. The van der Waals surface area contributed by atoms with Gasteiger partial charge in [-0.1, -0.05) is 6.07 Å². The van der Waals surface area contributed by atoms with Gasteiger partial charge in [-0.05, 0) is 51.6 Å². The lowest BCUT2D eigenvalue weighted by molar-refractivity contribution is -0.142. The van der Waals surface area contributed by atoms with E-state index in [0.717, 1.165) is 32.0 Å². The van der Waals surface area contributed by atoms with E-state index in [9.17, 15) is 26.3 Å². The minimum atomic E-state index is -5.02. The van der Waals surface area contributed by atoms with E-state index >= 15 is 0 Å². The Morgan fingerprint density at radius 2 is 1.78 bits per heavy atom. The Kier molecular flexibility index (Phi) is 5.51. The van der Waals surface area contributed by atoms with Crippen molar-refractivity contribution in [3.63, 3.8) is 0 Å². The van der Waals surface area contributed by atoms with E-state index in [-0.39, 0.29) is 29.3 Å². The molecule has 4 rings (SSSR count). The van der Waals surface area contributed by atoms with E-state index in [1.54, 1.807) is 6.92 Å².